The number of benzene rings is 2. The van der Waals surface area contributed by atoms with E-state index in [9.17, 15) is 13.2 Å². The van der Waals surface area contributed by atoms with Crippen molar-refractivity contribution in [1.29, 1.82) is 0 Å². The van der Waals surface area contributed by atoms with E-state index in [1.807, 2.05) is 13.0 Å². The van der Waals surface area contributed by atoms with Crippen molar-refractivity contribution < 1.29 is 17.9 Å². The van der Waals surface area contributed by atoms with Crippen LogP contribution in [0.5, 0.6) is 5.75 Å². The molecule has 0 aliphatic carbocycles. The molecular formula is C20H24N2O4S. The van der Waals surface area contributed by atoms with Gasteiger partial charge in [0.15, 0.2) is 0 Å². The summed E-state index contributed by atoms with van der Waals surface area (Å²) in [6, 6.07) is 11.5. The lowest BCUT2D eigenvalue weighted by atomic mass is 10.1. The molecule has 1 N–H and O–H groups in total. The van der Waals surface area contributed by atoms with Gasteiger partial charge in [-0.25, -0.2) is 8.42 Å². The number of rotatable bonds is 5. The second-order valence-corrected chi connectivity index (χ2v) is 8.37. The first-order valence-corrected chi connectivity index (χ1v) is 10.5. The highest BCUT2D eigenvalue weighted by molar-refractivity contribution is 7.92. The molecular weight excluding hydrogens is 364 g/mol. The van der Waals surface area contributed by atoms with Crippen molar-refractivity contribution >= 4 is 21.6 Å². The van der Waals surface area contributed by atoms with Gasteiger partial charge in [0.25, 0.3) is 15.9 Å². The molecule has 2 aromatic carbocycles. The van der Waals surface area contributed by atoms with Crippen LogP contribution in [0.4, 0.5) is 5.69 Å². The van der Waals surface area contributed by atoms with Gasteiger partial charge in [0, 0.05) is 18.8 Å². The van der Waals surface area contributed by atoms with E-state index in [0.29, 0.717) is 24.5 Å². The minimum Gasteiger partial charge on any atom is -0.496 e. The highest BCUT2D eigenvalue weighted by Gasteiger charge is 2.24. The number of sulfonamides is 1. The van der Waals surface area contributed by atoms with E-state index in [4.69, 9.17) is 4.74 Å². The van der Waals surface area contributed by atoms with Gasteiger partial charge in [0.2, 0.25) is 0 Å². The quantitative estimate of drug-likeness (QED) is 0.851. The van der Waals surface area contributed by atoms with Gasteiger partial charge in [-0.3, -0.25) is 9.52 Å². The molecule has 0 radical (unpaired) electrons. The summed E-state index contributed by atoms with van der Waals surface area (Å²) in [6.45, 7) is 3.25. The summed E-state index contributed by atoms with van der Waals surface area (Å²) >= 11 is 0. The lowest BCUT2D eigenvalue weighted by Gasteiger charge is -2.27. The SMILES string of the molecule is COc1ccc(S(=O)(=O)Nc2cccc(C)c2)cc1C(=O)N1CCCCC1. The van der Waals surface area contributed by atoms with Crippen LogP contribution in [0, 0.1) is 6.92 Å². The molecule has 0 saturated carbocycles. The third kappa shape index (κ3) is 4.42. The van der Waals surface area contributed by atoms with Crippen molar-refractivity contribution in [2.75, 3.05) is 24.9 Å². The molecule has 0 atom stereocenters. The van der Waals surface area contributed by atoms with Crippen LogP contribution >= 0.6 is 0 Å². The van der Waals surface area contributed by atoms with E-state index >= 15 is 0 Å². The molecule has 1 aliphatic heterocycles. The molecule has 1 saturated heterocycles. The van der Waals surface area contributed by atoms with E-state index in [1.54, 1.807) is 23.1 Å². The molecule has 144 valence electrons. The summed E-state index contributed by atoms with van der Waals surface area (Å²) in [5.41, 5.74) is 1.70. The molecule has 7 heteroatoms. The Morgan fingerprint density at radius 1 is 1.07 bits per heavy atom. The number of piperidine rings is 1. The van der Waals surface area contributed by atoms with Crippen LogP contribution < -0.4 is 9.46 Å². The molecule has 1 fully saturated rings. The maximum absolute atomic E-state index is 12.9. The van der Waals surface area contributed by atoms with Crippen molar-refractivity contribution in [3.8, 4) is 5.75 Å². The summed E-state index contributed by atoms with van der Waals surface area (Å²) < 4.78 is 33.4. The first-order chi connectivity index (χ1) is 12.9. The number of methoxy groups -OCH3 is 1. The van der Waals surface area contributed by atoms with Crippen molar-refractivity contribution in [1.82, 2.24) is 4.90 Å². The summed E-state index contributed by atoms with van der Waals surface area (Å²) in [4.78, 5) is 14.7. The van der Waals surface area contributed by atoms with E-state index < -0.39 is 10.0 Å². The zero-order valence-electron chi connectivity index (χ0n) is 15.6. The topological polar surface area (TPSA) is 75.7 Å². The Kier molecular flexibility index (Phi) is 5.70. The van der Waals surface area contributed by atoms with Gasteiger partial charge in [-0.1, -0.05) is 12.1 Å². The van der Waals surface area contributed by atoms with E-state index in [-0.39, 0.29) is 16.4 Å². The number of hydrogen-bond acceptors (Lipinski definition) is 4. The molecule has 0 spiro atoms. The Morgan fingerprint density at radius 3 is 2.48 bits per heavy atom. The molecule has 2 aromatic rings. The number of ether oxygens (including phenoxy) is 1. The van der Waals surface area contributed by atoms with Gasteiger partial charge in [-0.15, -0.1) is 0 Å². The third-order valence-electron chi connectivity index (χ3n) is 4.63. The van der Waals surface area contributed by atoms with Crippen molar-refractivity contribution in [2.24, 2.45) is 0 Å². The number of anilines is 1. The van der Waals surface area contributed by atoms with Crippen LogP contribution in [0.2, 0.25) is 0 Å². The van der Waals surface area contributed by atoms with Gasteiger partial charge in [-0.2, -0.15) is 0 Å². The summed E-state index contributed by atoms with van der Waals surface area (Å²) in [5, 5.41) is 0. The Hall–Kier alpha value is -2.54. The van der Waals surface area contributed by atoms with Gasteiger partial charge in [-0.05, 0) is 62.1 Å². The Balaban J connectivity index is 1.92. The number of carbonyl (C=O) groups is 1. The largest absolute Gasteiger partial charge is 0.496 e. The zero-order valence-corrected chi connectivity index (χ0v) is 16.4. The average molecular weight is 388 g/mol. The van der Waals surface area contributed by atoms with Crippen LogP contribution in [0.3, 0.4) is 0 Å². The van der Waals surface area contributed by atoms with E-state index in [0.717, 1.165) is 24.8 Å². The zero-order chi connectivity index (χ0) is 19.4. The third-order valence-corrected chi connectivity index (χ3v) is 6.00. The van der Waals surface area contributed by atoms with Gasteiger partial charge >= 0.3 is 0 Å². The molecule has 1 amide bonds. The van der Waals surface area contributed by atoms with Gasteiger partial charge < -0.3 is 9.64 Å². The van der Waals surface area contributed by atoms with Crippen molar-refractivity contribution in [3.63, 3.8) is 0 Å². The maximum Gasteiger partial charge on any atom is 0.261 e. The summed E-state index contributed by atoms with van der Waals surface area (Å²) in [5.74, 6) is 0.180. The first kappa shape index (κ1) is 19.2. The normalized spacial score (nSPS) is 14.7. The molecule has 3 rings (SSSR count). The van der Waals surface area contributed by atoms with E-state index in [2.05, 4.69) is 4.72 Å². The van der Waals surface area contributed by atoms with Crippen molar-refractivity contribution in [3.05, 3.63) is 53.6 Å². The number of hydrogen-bond donors (Lipinski definition) is 1. The Bertz CT molecular complexity index is 935. The number of nitrogens with one attached hydrogen (secondary N) is 1. The lowest BCUT2D eigenvalue weighted by molar-refractivity contribution is 0.0720. The van der Waals surface area contributed by atoms with Crippen molar-refractivity contribution in [2.45, 2.75) is 31.1 Å². The number of aryl methyl sites for hydroxylation is 1. The molecule has 0 bridgehead atoms. The molecule has 0 aromatic heterocycles. The number of amides is 1. The van der Waals surface area contributed by atoms with Crippen LogP contribution in [-0.2, 0) is 10.0 Å². The highest BCUT2D eigenvalue weighted by Crippen LogP contribution is 2.26. The minimum atomic E-state index is -3.82. The summed E-state index contributed by atoms with van der Waals surface area (Å²) in [7, 11) is -2.34. The molecule has 1 heterocycles. The number of likely N-dealkylation sites (tertiary alicyclic amines) is 1. The molecule has 0 unspecified atom stereocenters. The first-order valence-electron chi connectivity index (χ1n) is 8.97. The minimum absolute atomic E-state index is 0.0326. The smallest absolute Gasteiger partial charge is 0.261 e. The molecule has 6 nitrogen and oxygen atoms in total. The Labute approximate surface area is 160 Å². The average Bonchev–Trinajstić information content (AvgIpc) is 2.67. The van der Waals surface area contributed by atoms with Crippen LogP contribution in [0.25, 0.3) is 0 Å². The monoisotopic (exact) mass is 388 g/mol. The second kappa shape index (κ2) is 8.00. The predicted molar refractivity (Wildman–Crippen MR) is 105 cm³/mol. The molecule has 27 heavy (non-hydrogen) atoms. The van der Waals surface area contributed by atoms with Crippen LogP contribution in [0.15, 0.2) is 47.4 Å². The lowest BCUT2D eigenvalue weighted by Crippen LogP contribution is -2.35. The van der Waals surface area contributed by atoms with Gasteiger partial charge in [0.1, 0.15) is 5.75 Å². The second-order valence-electron chi connectivity index (χ2n) is 6.69. The van der Waals surface area contributed by atoms with Crippen LogP contribution in [-0.4, -0.2) is 39.4 Å². The fourth-order valence-electron chi connectivity index (χ4n) is 3.21. The van der Waals surface area contributed by atoms with Crippen LogP contribution in [0.1, 0.15) is 35.2 Å². The molecule has 1 aliphatic rings. The number of carbonyl (C=O) groups excluding carboxylic acids is 1. The maximum atomic E-state index is 12.9. The summed E-state index contributed by atoms with van der Waals surface area (Å²) in [6.07, 6.45) is 3.03. The Morgan fingerprint density at radius 2 is 1.81 bits per heavy atom. The fourth-order valence-corrected chi connectivity index (χ4v) is 4.29. The highest BCUT2D eigenvalue weighted by atomic mass is 32.2. The van der Waals surface area contributed by atoms with Gasteiger partial charge in [0.05, 0.1) is 17.6 Å². The standard InChI is InChI=1S/C20H24N2O4S/c1-15-7-6-8-16(13-15)21-27(24,25)17-9-10-19(26-2)18(14-17)20(23)22-11-4-3-5-12-22/h6-10,13-14,21H,3-5,11-12H2,1-2H3. The fraction of sp³-hybridized carbons (Fsp3) is 0.350. The predicted octanol–water partition coefficient (Wildman–Crippen LogP) is 3.43. The van der Waals surface area contributed by atoms with E-state index in [1.165, 1.54) is 25.3 Å². The number of nitrogens with zero attached hydrogens (tertiary/aromatic N) is 1.